The fourth-order valence-corrected chi connectivity index (χ4v) is 2.62. The highest BCUT2D eigenvalue weighted by Gasteiger charge is 2.29. The summed E-state index contributed by atoms with van der Waals surface area (Å²) < 4.78 is 5.52. The van der Waals surface area contributed by atoms with Gasteiger partial charge in [0, 0.05) is 6.54 Å². The molecular weight excluding hydrogens is 332 g/mol. The number of aromatic nitrogens is 1. The van der Waals surface area contributed by atoms with Crippen LogP contribution in [-0.2, 0) is 4.74 Å². The predicted molar refractivity (Wildman–Crippen MR) is 72.3 cm³/mol. The van der Waals surface area contributed by atoms with Gasteiger partial charge in [0.1, 0.15) is 23.6 Å². The highest BCUT2D eigenvalue weighted by molar-refractivity contribution is 9.10. The molecule has 0 bridgehead atoms. The third-order valence-corrected chi connectivity index (χ3v) is 3.75. The first kappa shape index (κ1) is 14.6. The van der Waals surface area contributed by atoms with E-state index in [0.717, 1.165) is 6.20 Å². The van der Waals surface area contributed by atoms with E-state index in [4.69, 9.17) is 10.00 Å². The van der Waals surface area contributed by atoms with Gasteiger partial charge < -0.3 is 14.7 Å². The molecule has 1 aliphatic heterocycles. The van der Waals surface area contributed by atoms with Gasteiger partial charge in [0.2, 0.25) is 0 Å². The van der Waals surface area contributed by atoms with Gasteiger partial charge in [-0.1, -0.05) is 0 Å². The van der Waals surface area contributed by atoms with E-state index in [-0.39, 0.29) is 28.4 Å². The molecule has 2 heterocycles. The van der Waals surface area contributed by atoms with E-state index in [2.05, 4.69) is 20.9 Å². The second-order valence-electron chi connectivity index (χ2n) is 4.13. The van der Waals surface area contributed by atoms with Crippen LogP contribution in [0, 0.1) is 21.4 Å². The Balaban J connectivity index is 2.47. The van der Waals surface area contributed by atoms with Crippen LogP contribution in [0.5, 0.6) is 0 Å². The molecule has 0 aliphatic carbocycles. The van der Waals surface area contributed by atoms with E-state index in [1.165, 1.54) is 0 Å². The van der Waals surface area contributed by atoms with Crippen LogP contribution < -0.4 is 4.90 Å². The molecule has 1 N–H and O–H groups in total. The van der Waals surface area contributed by atoms with E-state index in [1.807, 2.05) is 6.07 Å². The maximum atomic E-state index is 10.9. The van der Waals surface area contributed by atoms with Crippen molar-refractivity contribution in [2.45, 2.75) is 6.04 Å². The lowest BCUT2D eigenvalue weighted by Gasteiger charge is -2.35. The first-order valence-corrected chi connectivity index (χ1v) is 6.57. The Kier molecular flexibility index (Phi) is 4.49. The number of hydrogen-bond acceptors (Lipinski definition) is 7. The van der Waals surface area contributed by atoms with Gasteiger partial charge in [0.25, 0.3) is 0 Å². The molecule has 2 rings (SSSR count). The van der Waals surface area contributed by atoms with Crippen molar-refractivity contribution in [3.05, 3.63) is 26.3 Å². The maximum absolute atomic E-state index is 10.9. The Morgan fingerprint density at radius 2 is 2.50 bits per heavy atom. The second-order valence-corrected chi connectivity index (χ2v) is 4.92. The fraction of sp³-hybridized carbons (Fsp3) is 0.455. The Labute approximate surface area is 122 Å². The molecule has 0 unspecified atom stereocenters. The van der Waals surface area contributed by atoms with Gasteiger partial charge in [-0.15, -0.1) is 0 Å². The Bertz CT molecular complexity index is 574. The summed E-state index contributed by atoms with van der Waals surface area (Å²) in [6.45, 7) is 1.15. The fourth-order valence-electron chi connectivity index (χ4n) is 2.00. The van der Waals surface area contributed by atoms with Gasteiger partial charge >= 0.3 is 5.69 Å². The lowest BCUT2D eigenvalue weighted by atomic mass is 10.2. The van der Waals surface area contributed by atoms with Crippen molar-refractivity contribution in [2.75, 3.05) is 31.3 Å². The number of nitrogens with zero attached hydrogens (tertiary/aromatic N) is 4. The molecule has 1 atom stereocenters. The quantitative estimate of drug-likeness (QED) is 0.639. The van der Waals surface area contributed by atoms with E-state index in [9.17, 15) is 15.2 Å². The van der Waals surface area contributed by atoms with Crippen LogP contribution in [0.1, 0.15) is 5.56 Å². The Morgan fingerprint density at radius 3 is 3.10 bits per heavy atom. The number of anilines is 1. The molecule has 1 aliphatic rings. The number of hydrogen-bond donors (Lipinski definition) is 1. The summed E-state index contributed by atoms with van der Waals surface area (Å²) >= 11 is 3.20. The molecule has 1 saturated heterocycles. The van der Waals surface area contributed by atoms with Gasteiger partial charge in [0.05, 0.1) is 35.3 Å². The van der Waals surface area contributed by atoms with Crippen LogP contribution >= 0.6 is 15.9 Å². The normalized spacial score (nSPS) is 18.6. The number of nitro groups is 1. The molecule has 0 spiro atoms. The largest absolute Gasteiger partial charge is 0.394 e. The average molecular weight is 343 g/mol. The molecule has 20 heavy (non-hydrogen) atoms. The number of ether oxygens (including phenoxy) is 1. The van der Waals surface area contributed by atoms with Gasteiger partial charge in [-0.05, 0) is 15.9 Å². The number of aliphatic hydroxyl groups excluding tert-OH is 1. The van der Waals surface area contributed by atoms with Crippen LogP contribution in [0.2, 0.25) is 0 Å². The third kappa shape index (κ3) is 2.58. The van der Waals surface area contributed by atoms with Gasteiger partial charge in [-0.2, -0.15) is 5.26 Å². The average Bonchev–Trinajstić information content (AvgIpc) is 2.46. The highest BCUT2D eigenvalue weighted by Crippen LogP contribution is 2.34. The number of halogens is 1. The molecule has 1 aromatic heterocycles. The topological polar surface area (TPSA) is 113 Å². The van der Waals surface area contributed by atoms with Crippen LogP contribution in [0.4, 0.5) is 11.5 Å². The zero-order chi connectivity index (χ0) is 14.7. The number of pyridine rings is 1. The SMILES string of the molecule is N#Cc1c([N+](=O)[O-])cnc(N2CCOC[C@@H]2CO)c1Br. The van der Waals surface area contributed by atoms with Crippen LogP contribution in [-0.4, -0.2) is 47.4 Å². The summed E-state index contributed by atoms with van der Waals surface area (Å²) in [5.41, 5.74) is -0.430. The Morgan fingerprint density at radius 1 is 1.75 bits per heavy atom. The molecule has 0 aromatic carbocycles. The van der Waals surface area contributed by atoms with Crippen molar-refractivity contribution in [1.82, 2.24) is 4.98 Å². The van der Waals surface area contributed by atoms with E-state index < -0.39 is 4.92 Å². The summed E-state index contributed by atoms with van der Waals surface area (Å²) in [4.78, 5) is 16.0. The van der Waals surface area contributed by atoms with Crippen molar-refractivity contribution in [1.29, 1.82) is 5.26 Å². The van der Waals surface area contributed by atoms with Crippen LogP contribution in [0.3, 0.4) is 0 Å². The minimum absolute atomic E-state index is 0.0804. The molecule has 0 amide bonds. The lowest BCUT2D eigenvalue weighted by molar-refractivity contribution is -0.385. The first-order chi connectivity index (χ1) is 9.60. The van der Waals surface area contributed by atoms with Gasteiger partial charge in [0.15, 0.2) is 0 Å². The number of morpholine rings is 1. The van der Waals surface area contributed by atoms with Gasteiger partial charge in [-0.25, -0.2) is 4.98 Å². The van der Waals surface area contributed by atoms with Crippen LogP contribution in [0.15, 0.2) is 10.7 Å². The van der Waals surface area contributed by atoms with Crippen molar-refractivity contribution < 1.29 is 14.8 Å². The lowest BCUT2D eigenvalue weighted by Crippen LogP contribution is -2.48. The summed E-state index contributed by atoms with van der Waals surface area (Å²) in [5.74, 6) is 0.398. The summed E-state index contributed by atoms with van der Waals surface area (Å²) in [7, 11) is 0. The smallest absolute Gasteiger partial charge is 0.306 e. The van der Waals surface area contributed by atoms with Crippen molar-refractivity contribution >= 4 is 27.4 Å². The minimum atomic E-state index is -0.650. The number of nitriles is 1. The molecule has 0 radical (unpaired) electrons. The number of rotatable bonds is 3. The molecular formula is C11H11BrN4O4. The predicted octanol–water partition coefficient (Wildman–Crippen LogP) is 0.821. The summed E-state index contributed by atoms with van der Waals surface area (Å²) in [6.07, 6.45) is 1.06. The van der Waals surface area contributed by atoms with E-state index in [0.29, 0.717) is 25.6 Å². The standard InChI is InChI=1S/C11H11BrN4O4/c12-10-8(3-13)9(16(18)19)4-14-11(10)15-1-2-20-6-7(15)5-17/h4,7,17H,1-2,5-6H2/t7-/m0/s1. The molecule has 1 fully saturated rings. The number of aliphatic hydroxyl groups is 1. The van der Waals surface area contributed by atoms with Crippen molar-refractivity contribution in [2.24, 2.45) is 0 Å². The van der Waals surface area contributed by atoms with E-state index in [1.54, 1.807) is 4.90 Å². The molecule has 0 saturated carbocycles. The molecule has 8 nitrogen and oxygen atoms in total. The summed E-state index contributed by atoms with van der Waals surface area (Å²) in [6, 6.07) is 1.52. The molecule has 9 heteroatoms. The zero-order valence-corrected chi connectivity index (χ0v) is 11.9. The summed E-state index contributed by atoms with van der Waals surface area (Å²) in [5, 5.41) is 29.3. The maximum Gasteiger partial charge on any atom is 0.306 e. The van der Waals surface area contributed by atoms with Crippen molar-refractivity contribution in [3.63, 3.8) is 0 Å². The zero-order valence-electron chi connectivity index (χ0n) is 10.3. The molecule has 1 aromatic rings. The highest BCUT2D eigenvalue weighted by atomic mass is 79.9. The minimum Gasteiger partial charge on any atom is -0.394 e. The van der Waals surface area contributed by atoms with Crippen LogP contribution in [0.25, 0.3) is 0 Å². The second kappa shape index (κ2) is 6.13. The first-order valence-electron chi connectivity index (χ1n) is 5.78. The van der Waals surface area contributed by atoms with E-state index >= 15 is 0 Å². The third-order valence-electron chi connectivity index (χ3n) is 3.00. The van der Waals surface area contributed by atoms with Gasteiger partial charge in [-0.3, -0.25) is 10.1 Å². The monoisotopic (exact) mass is 342 g/mol. The van der Waals surface area contributed by atoms with Crippen molar-refractivity contribution in [3.8, 4) is 6.07 Å². The Hall–Kier alpha value is -1.76. The molecule has 106 valence electrons.